The van der Waals surface area contributed by atoms with E-state index >= 15 is 0 Å². The number of oxazole rings is 1. The molecule has 0 saturated heterocycles. The van der Waals surface area contributed by atoms with Gasteiger partial charge in [0.15, 0.2) is 0 Å². The number of anilines is 1. The summed E-state index contributed by atoms with van der Waals surface area (Å²) < 4.78 is 5.62. The van der Waals surface area contributed by atoms with Crippen molar-refractivity contribution in [2.24, 2.45) is 0 Å². The summed E-state index contributed by atoms with van der Waals surface area (Å²) in [6.07, 6.45) is 0. The van der Waals surface area contributed by atoms with E-state index in [0.717, 1.165) is 33.7 Å². The minimum atomic E-state index is 0.273. The van der Waals surface area contributed by atoms with Crippen LogP contribution in [-0.2, 0) is 0 Å². The van der Waals surface area contributed by atoms with E-state index in [9.17, 15) is 0 Å². The molecule has 5 nitrogen and oxygen atoms in total. The second-order valence-corrected chi connectivity index (χ2v) is 5.93. The number of nitrogens with zero attached hydrogens (tertiary/aromatic N) is 3. The molecular weight excluding hydrogens is 272 g/mol. The largest absolute Gasteiger partial charge is 0.436 e. The van der Waals surface area contributed by atoms with Crippen LogP contribution in [0.4, 0.5) is 5.82 Å². The summed E-state index contributed by atoms with van der Waals surface area (Å²) in [7, 11) is 1.87. The number of aromatic nitrogens is 3. The Hall–Kier alpha value is -1.56. The molecule has 0 fully saturated rings. The first kappa shape index (κ1) is 14.8. The molecule has 20 heavy (non-hydrogen) atoms. The average Bonchev–Trinajstić information content (AvgIpc) is 2.70. The minimum absolute atomic E-state index is 0.273. The van der Waals surface area contributed by atoms with Crippen molar-refractivity contribution in [3.8, 4) is 0 Å². The zero-order valence-electron chi connectivity index (χ0n) is 12.7. The van der Waals surface area contributed by atoms with Gasteiger partial charge in [-0.05, 0) is 32.5 Å². The lowest BCUT2D eigenvalue weighted by Gasteiger charge is -2.12. The van der Waals surface area contributed by atoms with Crippen LogP contribution in [0.15, 0.2) is 14.7 Å². The maximum Gasteiger partial charge on any atom is 0.262 e. The maximum absolute atomic E-state index is 5.62. The molecule has 0 unspecified atom stereocenters. The maximum atomic E-state index is 5.62. The zero-order chi connectivity index (χ0) is 14.9. The van der Waals surface area contributed by atoms with Crippen LogP contribution in [0.5, 0.6) is 0 Å². The molecule has 108 valence electrons. The van der Waals surface area contributed by atoms with E-state index < -0.39 is 0 Å². The lowest BCUT2D eigenvalue weighted by atomic mass is 10.2. The van der Waals surface area contributed by atoms with Gasteiger partial charge in [0, 0.05) is 18.5 Å². The number of aryl methyl sites for hydroxylation is 2. The van der Waals surface area contributed by atoms with E-state index in [2.05, 4.69) is 34.1 Å². The van der Waals surface area contributed by atoms with Gasteiger partial charge in [-0.15, -0.1) is 0 Å². The predicted molar refractivity (Wildman–Crippen MR) is 80.5 cm³/mol. The molecule has 0 radical (unpaired) electrons. The third-order valence-corrected chi connectivity index (χ3v) is 4.00. The molecule has 0 aliphatic rings. The predicted octanol–water partition coefficient (Wildman–Crippen LogP) is 3.71. The number of nitrogens with one attached hydrogen (secondary N) is 1. The van der Waals surface area contributed by atoms with Gasteiger partial charge in [-0.25, -0.2) is 15.0 Å². The SMILES string of the molecule is CNc1nc(C(C)C)nc(Sc2nc(C)c(C)o2)c1C. The highest BCUT2D eigenvalue weighted by molar-refractivity contribution is 7.99. The third kappa shape index (κ3) is 2.95. The van der Waals surface area contributed by atoms with Crippen LogP contribution >= 0.6 is 11.8 Å². The highest BCUT2D eigenvalue weighted by Crippen LogP contribution is 2.32. The molecule has 0 aliphatic heterocycles. The van der Waals surface area contributed by atoms with Gasteiger partial charge in [0.1, 0.15) is 22.4 Å². The molecule has 0 amide bonds. The molecule has 0 atom stereocenters. The van der Waals surface area contributed by atoms with E-state index in [-0.39, 0.29) is 5.92 Å². The van der Waals surface area contributed by atoms with Crippen LogP contribution in [0.3, 0.4) is 0 Å². The average molecular weight is 292 g/mol. The van der Waals surface area contributed by atoms with Crippen molar-refractivity contribution in [3.63, 3.8) is 0 Å². The standard InChI is InChI=1S/C14H20N4OS/c1-7(2)11-17-12(15-6)8(3)13(18-11)20-14-16-9(4)10(5)19-14/h7H,1-6H3,(H,15,17,18). The van der Waals surface area contributed by atoms with Crippen LogP contribution in [0.1, 0.15) is 42.6 Å². The Kier molecular flexibility index (Phi) is 4.32. The van der Waals surface area contributed by atoms with Crippen molar-refractivity contribution in [1.82, 2.24) is 15.0 Å². The van der Waals surface area contributed by atoms with Gasteiger partial charge in [-0.2, -0.15) is 0 Å². The van der Waals surface area contributed by atoms with Crippen molar-refractivity contribution >= 4 is 17.6 Å². The summed E-state index contributed by atoms with van der Waals surface area (Å²) in [4.78, 5) is 13.5. The van der Waals surface area contributed by atoms with Crippen LogP contribution < -0.4 is 5.32 Å². The quantitative estimate of drug-likeness (QED) is 0.867. The molecule has 0 aromatic carbocycles. The second kappa shape index (κ2) is 5.83. The summed E-state index contributed by atoms with van der Waals surface area (Å²) in [5.41, 5.74) is 1.92. The van der Waals surface area contributed by atoms with Crippen LogP contribution in [-0.4, -0.2) is 22.0 Å². The summed E-state index contributed by atoms with van der Waals surface area (Å²) in [5.74, 6) is 2.79. The van der Waals surface area contributed by atoms with E-state index in [1.807, 2.05) is 27.8 Å². The Morgan fingerprint density at radius 1 is 1.10 bits per heavy atom. The molecule has 0 aliphatic carbocycles. The lowest BCUT2D eigenvalue weighted by Crippen LogP contribution is -2.06. The van der Waals surface area contributed by atoms with Crippen molar-refractivity contribution < 1.29 is 4.42 Å². The van der Waals surface area contributed by atoms with Crippen molar-refractivity contribution in [2.45, 2.75) is 50.8 Å². The number of hydrogen-bond acceptors (Lipinski definition) is 6. The number of rotatable bonds is 4. The van der Waals surface area contributed by atoms with Gasteiger partial charge in [0.05, 0.1) is 5.69 Å². The summed E-state index contributed by atoms with van der Waals surface area (Å²) >= 11 is 1.44. The van der Waals surface area contributed by atoms with Crippen molar-refractivity contribution in [3.05, 3.63) is 22.8 Å². The lowest BCUT2D eigenvalue weighted by molar-refractivity contribution is 0.431. The Bertz CT molecular complexity index is 602. The highest BCUT2D eigenvalue weighted by atomic mass is 32.2. The molecule has 2 aromatic heterocycles. The molecule has 0 spiro atoms. The van der Waals surface area contributed by atoms with E-state index in [1.165, 1.54) is 11.8 Å². The topological polar surface area (TPSA) is 63.8 Å². The fraction of sp³-hybridized carbons (Fsp3) is 0.500. The fourth-order valence-electron chi connectivity index (χ4n) is 1.68. The van der Waals surface area contributed by atoms with Gasteiger partial charge < -0.3 is 9.73 Å². The first-order chi connectivity index (χ1) is 9.42. The van der Waals surface area contributed by atoms with Crippen LogP contribution in [0, 0.1) is 20.8 Å². The molecule has 1 N–H and O–H groups in total. The minimum Gasteiger partial charge on any atom is -0.436 e. The number of hydrogen-bond donors (Lipinski definition) is 1. The first-order valence-corrected chi connectivity index (χ1v) is 7.42. The zero-order valence-corrected chi connectivity index (χ0v) is 13.6. The molecule has 0 bridgehead atoms. The van der Waals surface area contributed by atoms with Crippen molar-refractivity contribution in [1.29, 1.82) is 0 Å². The summed E-state index contributed by atoms with van der Waals surface area (Å²) in [5, 5.41) is 4.63. The van der Waals surface area contributed by atoms with E-state index in [0.29, 0.717) is 5.22 Å². The fourth-order valence-corrected chi connectivity index (χ4v) is 2.59. The third-order valence-electron chi connectivity index (χ3n) is 3.06. The first-order valence-electron chi connectivity index (χ1n) is 6.60. The normalized spacial score (nSPS) is 11.2. The monoisotopic (exact) mass is 292 g/mol. The smallest absolute Gasteiger partial charge is 0.262 e. The Balaban J connectivity index is 2.41. The van der Waals surface area contributed by atoms with E-state index in [4.69, 9.17) is 4.42 Å². The Morgan fingerprint density at radius 2 is 1.80 bits per heavy atom. The van der Waals surface area contributed by atoms with Crippen LogP contribution in [0.2, 0.25) is 0 Å². The molecule has 6 heteroatoms. The molecule has 0 saturated carbocycles. The molecule has 2 heterocycles. The molecular formula is C14H20N4OS. The van der Waals surface area contributed by atoms with E-state index in [1.54, 1.807) is 0 Å². The second-order valence-electron chi connectivity index (χ2n) is 4.99. The Morgan fingerprint density at radius 3 is 2.30 bits per heavy atom. The van der Waals surface area contributed by atoms with Gasteiger partial charge in [-0.1, -0.05) is 13.8 Å². The Labute approximate surface area is 123 Å². The highest BCUT2D eigenvalue weighted by Gasteiger charge is 2.16. The van der Waals surface area contributed by atoms with Gasteiger partial charge in [0.2, 0.25) is 0 Å². The molecule has 2 rings (SSSR count). The van der Waals surface area contributed by atoms with Gasteiger partial charge in [-0.3, -0.25) is 0 Å². The summed E-state index contributed by atoms with van der Waals surface area (Å²) in [6.45, 7) is 10.0. The van der Waals surface area contributed by atoms with Crippen LogP contribution in [0.25, 0.3) is 0 Å². The molecule has 2 aromatic rings. The van der Waals surface area contributed by atoms with Gasteiger partial charge in [0.25, 0.3) is 5.22 Å². The van der Waals surface area contributed by atoms with Crippen molar-refractivity contribution in [2.75, 3.05) is 12.4 Å². The summed E-state index contributed by atoms with van der Waals surface area (Å²) in [6, 6.07) is 0. The van der Waals surface area contributed by atoms with Gasteiger partial charge >= 0.3 is 0 Å².